The molecule has 0 saturated carbocycles. The molecule has 0 radical (unpaired) electrons. The van der Waals surface area contributed by atoms with Crippen molar-refractivity contribution < 1.29 is 32.2 Å². The average molecular weight is 294 g/mol. The van der Waals surface area contributed by atoms with E-state index in [1.807, 2.05) is 0 Å². The lowest BCUT2D eigenvalue weighted by Crippen LogP contribution is -2.34. The number of aromatic hydroxyl groups is 1. The second kappa shape index (κ2) is 6.58. The summed E-state index contributed by atoms with van der Waals surface area (Å²) in [5.74, 6) is -2.97. The highest BCUT2D eigenvalue weighted by molar-refractivity contribution is 5.90. The molecule has 1 aromatic rings. The molecule has 1 atom stereocenters. The van der Waals surface area contributed by atoms with E-state index in [4.69, 9.17) is 5.11 Å². The molecule has 0 bridgehead atoms. The Hall–Kier alpha value is -1.79. The largest absolute Gasteiger partial charge is 0.508 e. The van der Waals surface area contributed by atoms with Gasteiger partial charge in [-0.1, -0.05) is 13.3 Å². The molecule has 7 heteroatoms. The van der Waals surface area contributed by atoms with Crippen LogP contribution in [-0.4, -0.2) is 23.4 Å². The van der Waals surface area contributed by atoms with Crippen molar-refractivity contribution in [3.8, 4) is 5.75 Å². The van der Waals surface area contributed by atoms with Crippen LogP contribution in [0.4, 0.5) is 17.6 Å². The number of carbonyl (C=O) groups excluding carboxylic acids is 1. The molecular weight excluding hydrogens is 280 g/mol. The van der Waals surface area contributed by atoms with Crippen molar-refractivity contribution in [3.05, 3.63) is 29.6 Å². The normalized spacial score (nSPS) is 13.1. The summed E-state index contributed by atoms with van der Waals surface area (Å²) in [7, 11) is 0. The summed E-state index contributed by atoms with van der Waals surface area (Å²) in [5.41, 5.74) is -0.645. The molecule has 0 fully saturated rings. The fourth-order valence-corrected chi connectivity index (χ4v) is 1.54. The number of rotatable bonds is 5. The Morgan fingerprint density at radius 3 is 2.55 bits per heavy atom. The molecule has 1 aromatic carbocycles. The lowest BCUT2D eigenvalue weighted by Gasteiger charge is -2.20. The minimum absolute atomic E-state index is 0.232. The standard InChI is InChI=1S/C13H14F4O3/c1-2-3-4-11(13(15,16)17)20-12(19)9-6-5-8(18)7-10(9)14/h5-7,11,18H,2-4H2,1H3. The number of esters is 1. The molecule has 1 N–H and O–H groups in total. The Balaban J connectivity index is 2.85. The first-order chi connectivity index (χ1) is 9.25. The van der Waals surface area contributed by atoms with Crippen LogP contribution in [0.3, 0.4) is 0 Å². The van der Waals surface area contributed by atoms with E-state index in [2.05, 4.69) is 4.74 Å². The third-order valence-electron chi connectivity index (χ3n) is 2.61. The molecule has 1 rings (SSSR count). The third kappa shape index (κ3) is 4.40. The molecule has 0 spiro atoms. The maximum Gasteiger partial charge on any atom is 0.425 e. The van der Waals surface area contributed by atoms with E-state index < -0.39 is 35.4 Å². The van der Waals surface area contributed by atoms with Crippen molar-refractivity contribution in [2.75, 3.05) is 0 Å². The number of carbonyl (C=O) groups is 1. The number of hydrogen-bond acceptors (Lipinski definition) is 3. The molecule has 3 nitrogen and oxygen atoms in total. The number of phenols is 1. The van der Waals surface area contributed by atoms with Gasteiger partial charge in [0.2, 0.25) is 0 Å². The van der Waals surface area contributed by atoms with Gasteiger partial charge in [-0.15, -0.1) is 0 Å². The summed E-state index contributed by atoms with van der Waals surface area (Å²) in [6.45, 7) is 1.70. The molecular formula is C13H14F4O3. The maximum absolute atomic E-state index is 13.4. The minimum atomic E-state index is -4.70. The zero-order valence-electron chi connectivity index (χ0n) is 10.7. The molecule has 0 saturated heterocycles. The SMILES string of the molecule is CCCCC(OC(=O)c1ccc(O)cc1F)C(F)(F)F. The Morgan fingerprint density at radius 1 is 1.40 bits per heavy atom. The fourth-order valence-electron chi connectivity index (χ4n) is 1.54. The highest BCUT2D eigenvalue weighted by atomic mass is 19.4. The van der Waals surface area contributed by atoms with Crippen molar-refractivity contribution in [3.63, 3.8) is 0 Å². The number of alkyl halides is 3. The number of halogens is 4. The van der Waals surface area contributed by atoms with E-state index in [-0.39, 0.29) is 12.8 Å². The summed E-state index contributed by atoms with van der Waals surface area (Å²) >= 11 is 0. The summed E-state index contributed by atoms with van der Waals surface area (Å²) in [4.78, 5) is 11.6. The predicted molar refractivity (Wildman–Crippen MR) is 62.8 cm³/mol. The zero-order chi connectivity index (χ0) is 15.3. The highest BCUT2D eigenvalue weighted by Gasteiger charge is 2.42. The summed E-state index contributed by atoms with van der Waals surface area (Å²) in [5, 5.41) is 8.97. The van der Waals surface area contributed by atoms with Crippen molar-refractivity contribution in [2.45, 2.75) is 38.5 Å². The Kier molecular flexibility index (Phi) is 5.35. The van der Waals surface area contributed by atoms with Gasteiger partial charge < -0.3 is 9.84 Å². The molecule has 0 aliphatic heterocycles. The van der Waals surface area contributed by atoms with Gasteiger partial charge >= 0.3 is 12.1 Å². The minimum Gasteiger partial charge on any atom is -0.508 e. The lowest BCUT2D eigenvalue weighted by atomic mass is 10.1. The monoisotopic (exact) mass is 294 g/mol. The van der Waals surface area contributed by atoms with Crippen LogP contribution < -0.4 is 0 Å². The number of benzene rings is 1. The molecule has 0 aliphatic rings. The number of hydrogen-bond donors (Lipinski definition) is 1. The van der Waals surface area contributed by atoms with E-state index >= 15 is 0 Å². The molecule has 0 amide bonds. The molecule has 20 heavy (non-hydrogen) atoms. The quantitative estimate of drug-likeness (QED) is 0.663. The van der Waals surface area contributed by atoms with Crippen molar-refractivity contribution >= 4 is 5.97 Å². The maximum atomic E-state index is 13.4. The van der Waals surface area contributed by atoms with Crippen LogP contribution in [-0.2, 0) is 4.74 Å². The van der Waals surface area contributed by atoms with Crippen molar-refractivity contribution in [2.24, 2.45) is 0 Å². The Bertz CT molecular complexity index is 471. The first-order valence-corrected chi connectivity index (χ1v) is 6.02. The lowest BCUT2D eigenvalue weighted by molar-refractivity contribution is -0.206. The Labute approximate surface area is 113 Å². The van der Waals surface area contributed by atoms with Gasteiger partial charge in [0.25, 0.3) is 0 Å². The first-order valence-electron chi connectivity index (χ1n) is 6.02. The highest BCUT2D eigenvalue weighted by Crippen LogP contribution is 2.28. The third-order valence-corrected chi connectivity index (χ3v) is 2.61. The molecule has 0 aliphatic carbocycles. The Morgan fingerprint density at radius 2 is 2.05 bits per heavy atom. The second-order valence-electron chi connectivity index (χ2n) is 4.24. The van der Waals surface area contributed by atoms with E-state index in [1.54, 1.807) is 6.92 Å². The van der Waals surface area contributed by atoms with Gasteiger partial charge in [-0.2, -0.15) is 13.2 Å². The number of unbranched alkanes of at least 4 members (excludes halogenated alkanes) is 1. The summed E-state index contributed by atoms with van der Waals surface area (Å²) in [6, 6.07) is 2.50. The van der Waals surface area contributed by atoms with Gasteiger partial charge in [0.05, 0.1) is 5.56 Å². The molecule has 112 valence electrons. The topological polar surface area (TPSA) is 46.5 Å². The van der Waals surface area contributed by atoms with Gasteiger partial charge in [-0.05, 0) is 25.0 Å². The van der Waals surface area contributed by atoms with Crippen LogP contribution in [0, 0.1) is 5.82 Å². The van der Waals surface area contributed by atoms with Crippen molar-refractivity contribution in [1.82, 2.24) is 0 Å². The zero-order valence-corrected chi connectivity index (χ0v) is 10.7. The van der Waals surface area contributed by atoms with Gasteiger partial charge in [0.15, 0.2) is 6.10 Å². The molecule has 1 unspecified atom stereocenters. The number of ether oxygens (including phenoxy) is 1. The van der Waals surface area contributed by atoms with Crippen LogP contribution in [0.5, 0.6) is 5.75 Å². The van der Waals surface area contributed by atoms with Crippen LogP contribution in [0.25, 0.3) is 0 Å². The average Bonchev–Trinajstić information content (AvgIpc) is 2.32. The van der Waals surface area contributed by atoms with E-state index in [9.17, 15) is 22.4 Å². The van der Waals surface area contributed by atoms with Gasteiger partial charge in [0.1, 0.15) is 11.6 Å². The van der Waals surface area contributed by atoms with Crippen LogP contribution in [0.2, 0.25) is 0 Å². The van der Waals surface area contributed by atoms with Gasteiger partial charge in [-0.25, -0.2) is 9.18 Å². The van der Waals surface area contributed by atoms with Crippen molar-refractivity contribution in [1.29, 1.82) is 0 Å². The molecule has 0 heterocycles. The van der Waals surface area contributed by atoms with Crippen LogP contribution in [0.1, 0.15) is 36.5 Å². The van der Waals surface area contributed by atoms with E-state index in [0.29, 0.717) is 12.5 Å². The van der Waals surface area contributed by atoms with E-state index in [0.717, 1.165) is 12.1 Å². The van der Waals surface area contributed by atoms with Gasteiger partial charge in [0, 0.05) is 6.07 Å². The predicted octanol–water partition coefficient (Wildman–Crippen LogP) is 3.81. The first kappa shape index (κ1) is 16.3. The summed E-state index contributed by atoms with van der Waals surface area (Å²) < 4.78 is 55.7. The van der Waals surface area contributed by atoms with Crippen LogP contribution >= 0.6 is 0 Å². The molecule has 0 aromatic heterocycles. The number of phenolic OH excluding ortho intramolecular Hbond substituents is 1. The summed E-state index contributed by atoms with van der Waals surface area (Å²) in [6.07, 6.45) is -6.58. The second-order valence-corrected chi connectivity index (χ2v) is 4.24. The smallest absolute Gasteiger partial charge is 0.425 e. The van der Waals surface area contributed by atoms with Crippen LogP contribution in [0.15, 0.2) is 18.2 Å². The van der Waals surface area contributed by atoms with Gasteiger partial charge in [-0.3, -0.25) is 0 Å². The fraction of sp³-hybridized carbons (Fsp3) is 0.462. The van der Waals surface area contributed by atoms with E-state index in [1.165, 1.54) is 0 Å².